The largest absolute Gasteiger partial charge is 0.507 e. The van der Waals surface area contributed by atoms with E-state index < -0.39 is 35.1 Å². The monoisotopic (exact) mass is 453 g/mol. The molecule has 8 heteroatoms. The van der Waals surface area contributed by atoms with Crippen LogP contribution in [0.2, 0.25) is 0 Å². The molecule has 1 fully saturated rings. The highest BCUT2D eigenvalue weighted by Gasteiger charge is 2.49. The molecule has 1 unspecified atom stereocenters. The van der Waals surface area contributed by atoms with Crippen molar-refractivity contribution in [2.75, 3.05) is 11.5 Å². The van der Waals surface area contributed by atoms with E-state index in [0.29, 0.717) is 29.7 Å². The molecule has 1 N–H and O–H groups in total. The molecule has 1 atom stereocenters. The standard InChI is InChI=1S/C25H21F2NO5/c1-4-32-19-10-6-15(11-13(19)2)23(29)21-22(20-9-5-14(3)33-20)28(25(31)24(21)30)18-8-7-16(26)12-17(18)27/h5-12,22,29H,4H2,1-3H3/b23-21-. The number of carbonyl (C=O) groups excluding carboxylic acids is 2. The van der Waals surface area contributed by atoms with Crippen LogP contribution in [0.25, 0.3) is 5.76 Å². The second-order valence-electron chi connectivity index (χ2n) is 7.63. The van der Waals surface area contributed by atoms with E-state index in [0.717, 1.165) is 17.0 Å². The summed E-state index contributed by atoms with van der Waals surface area (Å²) in [6.07, 6.45) is 0. The number of aryl methyl sites for hydroxylation is 2. The van der Waals surface area contributed by atoms with Gasteiger partial charge in [0.25, 0.3) is 11.7 Å². The van der Waals surface area contributed by atoms with Crippen molar-refractivity contribution in [3.63, 3.8) is 0 Å². The van der Waals surface area contributed by atoms with Crippen LogP contribution in [0.5, 0.6) is 5.75 Å². The van der Waals surface area contributed by atoms with Crippen LogP contribution in [0.1, 0.15) is 35.6 Å². The van der Waals surface area contributed by atoms with Crippen LogP contribution in [0, 0.1) is 25.5 Å². The zero-order chi connectivity index (χ0) is 23.9. The number of rotatable bonds is 5. The minimum Gasteiger partial charge on any atom is -0.507 e. The van der Waals surface area contributed by atoms with E-state index in [1.807, 2.05) is 6.92 Å². The molecule has 170 valence electrons. The smallest absolute Gasteiger partial charge is 0.300 e. The molecule has 3 aromatic rings. The molecule has 0 bridgehead atoms. The molecule has 0 spiro atoms. The van der Waals surface area contributed by atoms with Crippen molar-refractivity contribution in [1.82, 2.24) is 0 Å². The summed E-state index contributed by atoms with van der Waals surface area (Å²) in [6, 6.07) is 9.42. The number of hydrogen-bond acceptors (Lipinski definition) is 5. The maximum absolute atomic E-state index is 14.6. The van der Waals surface area contributed by atoms with Crippen LogP contribution in [-0.2, 0) is 9.59 Å². The van der Waals surface area contributed by atoms with Gasteiger partial charge in [0.2, 0.25) is 0 Å². The van der Waals surface area contributed by atoms with Crippen LogP contribution >= 0.6 is 0 Å². The Labute approximate surface area is 188 Å². The van der Waals surface area contributed by atoms with E-state index in [9.17, 15) is 23.5 Å². The van der Waals surface area contributed by atoms with E-state index in [2.05, 4.69) is 0 Å². The lowest BCUT2D eigenvalue weighted by molar-refractivity contribution is -0.132. The number of halogens is 2. The number of ketones is 1. The number of Topliss-reactive ketones (excluding diaryl/α,β-unsaturated/α-hetero) is 1. The third kappa shape index (κ3) is 3.88. The van der Waals surface area contributed by atoms with Gasteiger partial charge < -0.3 is 14.3 Å². The lowest BCUT2D eigenvalue weighted by Crippen LogP contribution is -2.30. The number of amides is 1. The molecule has 2 heterocycles. The van der Waals surface area contributed by atoms with Gasteiger partial charge in [0.1, 0.15) is 40.7 Å². The van der Waals surface area contributed by atoms with Gasteiger partial charge in [-0.2, -0.15) is 0 Å². The average Bonchev–Trinajstić information content (AvgIpc) is 3.30. The van der Waals surface area contributed by atoms with E-state index in [4.69, 9.17) is 9.15 Å². The van der Waals surface area contributed by atoms with Gasteiger partial charge in [-0.25, -0.2) is 8.78 Å². The average molecular weight is 453 g/mol. The molecule has 0 radical (unpaired) electrons. The molecular formula is C25H21F2NO5. The van der Waals surface area contributed by atoms with Gasteiger partial charge in [-0.1, -0.05) is 0 Å². The maximum atomic E-state index is 14.6. The fourth-order valence-electron chi connectivity index (χ4n) is 3.90. The molecule has 0 saturated carbocycles. The highest BCUT2D eigenvalue weighted by molar-refractivity contribution is 6.51. The number of aliphatic hydroxyl groups excluding tert-OH is 1. The van der Waals surface area contributed by atoms with Crippen LogP contribution in [0.15, 0.2) is 58.5 Å². The predicted molar refractivity (Wildman–Crippen MR) is 117 cm³/mol. The Morgan fingerprint density at radius 2 is 1.85 bits per heavy atom. The van der Waals surface area contributed by atoms with Crippen LogP contribution in [0.3, 0.4) is 0 Å². The highest BCUT2D eigenvalue weighted by atomic mass is 19.1. The van der Waals surface area contributed by atoms with Gasteiger partial charge in [-0.15, -0.1) is 0 Å². The Morgan fingerprint density at radius 1 is 1.09 bits per heavy atom. The molecule has 6 nitrogen and oxygen atoms in total. The van der Waals surface area contributed by atoms with Crippen LogP contribution < -0.4 is 9.64 Å². The number of benzene rings is 2. The summed E-state index contributed by atoms with van der Waals surface area (Å²) < 4.78 is 39.3. The van der Waals surface area contributed by atoms with E-state index in [1.165, 1.54) is 6.07 Å². The summed E-state index contributed by atoms with van der Waals surface area (Å²) in [5.74, 6) is -3.12. The van der Waals surface area contributed by atoms with Crippen molar-refractivity contribution in [3.8, 4) is 5.75 Å². The Bertz CT molecular complexity index is 1290. The van der Waals surface area contributed by atoms with Crippen molar-refractivity contribution in [2.24, 2.45) is 0 Å². The topological polar surface area (TPSA) is 80.0 Å². The molecule has 1 aromatic heterocycles. The van der Waals surface area contributed by atoms with Gasteiger partial charge in [0.05, 0.1) is 17.9 Å². The molecule has 1 aliphatic rings. The number of aliphatic hydroxyl groups is 1. The number of furan rings is 1. The van der Waals surface area contributed by atoms with Crippen molar-refractivity contribution in [1.29, 1.82) is 0 Å². The Kier molecular flexibility index (Phi) is 5.76. The van der Waals surface area contributed by atoms with Crippen molar-refractivity contribution in [2.45, 2.75) is 26.8 Å². The zero-order valence-electron chi connectivity index (χ0n) is 18.2. The maximum Gasteiger partial charge on any atom is 0.300 e. The highest BCUT2D eigenvalue weighted by Crippen LogP contribution is 2.43. The lowest BCUT2D eigenvalue weighted by atomic mass is 9.98. The summed E-state index contributed by atoms with van der Waals surface area (Å²) in [4.78, 5) is 26.9. The summed E-state index contributed by atoms with van der Waals surface area (Å²) in [7, 11) is 0. The fraction of sp³-hybridized carbons (Fsp3) is 0.200. The predicted octanol–water partition coefficient (Wildman–Crippen LogP) is 5.20. The third-order valence-electron chi connectivity index (χ3n) is 5.39. The zero-order valence-corrected chi connectivity index (χ0v) is 18.2. The number of nitrogens with zero attached hydrogens (tertiary/aromatic N) is 1. The van der Waals surface area contributed by atoms with E-state index >= 15 is 0 Å². The van der Waals surface area contributed by atoms with Gasteiger partial charge in [0, 0.05) is 11.6 Å². The number of carbonyl (C=O) groups is 2. The van der Waals surface area contributed by atoms with Gasteiger partial charge in [-0.05, 0) is 68.8 Å². The molecule has 1 amide bonds. The lowest BCUT2D eigenvalue weighted by Gasteiger charge is -2.24. The first-order valence-corrected chi connectivity index (χ1v) is 10.3. The van der Waals surface area contributed by atoms with E-state index in [-0.39, 0.29) is 22.6 Å². The number of hydrogen-bond donors (Lipinski definition) is 1. The van der Waals surface area contributed by atoms with Crippen LogP contribution in [-0.4, -0.2) is 23.4 Å². The first-order chi connectivity index (χ1) is 15.7. The Morgan fingerprint density at radius 3 is 2.45 bits per heavy atom. The summed E-state index contributed by atoms with van der Waals surface area (Å²) in [6.45, 7) is 5.75. The summed E-state index contributed by atoms with van der Waals surface area (Å²) in [5.41, 5.74) is 0.424. The minimum atomic E-state index is -1.24. The van der Waals surface area contributed by atoms with Crippen molar-refractivity contribution < 1.29 is 32.6 Å². The summed E-state index contributed by atoms with van der Waals surface area (Å²) >= 11 is 0. The van der Waals surface area contributed by atoms with Crippen molar-refractivity contribution in [3.05, 3.63) is 88.4 Å². The molecular weight excluding hydrogens is 432 g/mol. The Hall–Kier alpha value is -3.94. The SMILES string of the molecule is CCOc1ccc(/C(O)=C2/C(=O)C(=O)N(c3ccc(F)cc3F)C2c2ccc(C)o2)cc1C. The molecule has 0 aliphatic carbocycles. The van der Waals surface area contributed by atoms with Gasteiger partial charge in [-0.3, -0.25) is 14.5 Å². The van der Waals surface area contributed by atoms with Crippen LogP contribution in [0.4, 0.5) is 14.5 Å². The minimum absolute atomic E-state index is 0.152. The van der Waals surface area contributed by atoms with Gasteiger partial charge >= 0.3 is 0 Å². The molecule has 2 aromatic carbocycles. The Balaban J connectivity index is 1.92. The first kappa shape index (κ1) is 22.3. The summed E-state index contributed by atoms with van der Waals surface area (Å²) in [5, 5.41) is 11.1. The fourth-order valence-corrected chi connectivity index (χ4v) is 3.90. The van der Waals surface area contributed by atoms with Crippen molar-refractivity contribution >= 4 is 23.1 Å². The molecule has 33 heavy (non-hydrogen) atoms. The second-order valence-corrected chi connectivity index (χ2v) is 7.63. The second kappa shape index (κ2) is 8.54. The third-order valence-corrected chi connectivity index (χ3v) is 5.39. The normalized spacial score (nSPS) is 17.6. The quantitative estimate of drug-likeness (QED) is 0.326. The molecule has 4 rings (SSSR count). The molecule has 1 saturated heterocycles. The number of ether oxygens (including phenoxy) is 1. The van der Waals surface area contributed by atoms with Gasteiger partial charge in [0.15, 0.2) is 0 Å². The molecule has 1 aliphatic heterocycles. The van der Waals surface area contributed by atoms with E-state index in [1.54, 1.807) is 38.1 Å². The number of anilines is 1. The first-order valence-electron chi connectivity index (χ1n) is 10.3.